The highest BCUT2D eigenvalue weighted by Gasteiger charge is 2.42. The number of rotatable bonds is 3. The summed E-state index contributed by atoms with van der Waals surface area (Å²) in [6.45, 7) is 3.75. The average Bonchev–Trinajstić information content (AvgIpc) is 3.18. The molecule has 2 aliphatic heterocycles. The van der Waals surface area contributed by atoms with Gasteiger partial charge in [-0.05, 0) is 37.6 Å². The zero-order chi connectivity index (χ0) is 15.1. The van der Waals surface area contributed by atoms with Crippen LogP contribution in [0.5, 0.6) is 0 Å². The van der Waals surface area contributed by atoms with Gasteiger partial charge in [-0.15, -0.1) is 0 Å². The Morgan fingerprint density at radius 1 is 1.41 bits per heavy atom. The lowest BCUT2D eigenvalue weighted by molar-refractivity contribution is -0.129. The van der Waals surface area contributed by atoms with Crippen molar-refractivity contribution in [1.29, 1.82) is 0 Å². The quantitative estimate of drug-likeness (QED) is 0.937. The molecule has 3 heterocycles. The maximum Gasteiger partial charge on any atom is 0.224 e. The molecule has 0 radical (unpaired) electrons. The van der Waals surface area contributed by atoms with Gasteiger partial charge in [-0.2, -0.15) is 5.10 Å². The molecule has 2 aliphatic rings. The highest BCUT2D eigenvalue weighted by Crippen LogP contribution is 2.27. The number of nitrogens with zero attached hydrogens (tertiary/aromatic N) is 3. The van der Waals surface area contributed by atoms with Gasteiger partial charge in [0.15, 0.2) is 0 Å². The number of aryl methyl sites for hydroxylation is 1. The van der Waals surface area contributed by atoms with E-state index in [0.29, 0.717) is 25.0 Å². The molecule has 1 N–H and O–H groups in total. The molecule has 2 saturated heterocycles. The van der Waals surface area contributed by atoms with Gasteiger partial charge in [0.2, 0.25) is 5.91 Å². The second-order valence-corrected chi connectivity index (χ2v) is 6.27. The molecule has 0 spiro atoms. The molecule has 1 amide bonds. The second-order valence-electron chi connectivity index (χ2n) is 6.27. The zero-order valence-corrected chi connectivity index (χ0v) is 12.7. The number of amides is 1. The number of hydrogen-bond acceptors (Lipinski definition) is 3. The van der Waals surface area contributed by atoms with Crippen LogP contribution in [-0.2, 0) is 11.3 Å². The Morgan fingerprint density at radius 3 is 3.18 bits per heavy atom. The fourth-order valence-corrected chi connectivity index (χ4v) is 3.58. The number of nitrogens with one attached hydrogen (secondary N) is 1. The molecule has 0 saturated carbocycles. The average molecular weight is 296 g/mol. The van der Waals surface area contributed by atoms with E-state index in [1.165, 1.54) is 5.56 Å². The third-order valence-corrected chi connectivity index (χ3v) is 4.68. The van der Waals surface area contributed by atoms with Crippen molar-refractivity contribution in [3.05, 3.63) is 47.8 Å². The van der Waals surface area contributed by atoms with E-state index < -0.39 is 0 Å². The molecule has 0 unspecified atom stereocenters. The lowest BCUT2D eigenvalue weighted by Crippen LogP contribution is -2.35. The van der Waals surface area contributed by atoms with Crippen molar-refractivity contribution in [3.63, 3.8) is 0 Å². The monoisotopic (exact) mass is 296 g/mol. The highest BCUT2D eigenvalue weighted by atomic mass is 16.2. The van der Waals surface area contributed by atoms with Crippen LogP contribution in [0.15, 0.2) is 36.7 Å². The van der Waals surface area contributed by atoms with Crippen LogP contribution in [0.3, 0.4) is 0 Å². The summed E-state index contributed by atoms with van der Waals surface area (Å²) in [6.07, 6.45) is 5.59. The van der Waals surface area contributed by atoms with E-state index in [2.05, 4.69) is 29.5 Å². The molecular formula is C17H20N4O. The molecule has 0 bridgehead atoms. The molecule has 1 aromatic carbocycles. The first-order valence-electron chi connectivity index (χ1n) is 7.84. The summed E-state index contributed by atoms with van der Waals surface area (Å²) in [4.78, 5) is 14.2. The van der Waals surface area contributed by atoms with Crippen LogP contribution in [0.2, 0.25) is 0 Å². The first-order valence-corrected chi connectivity index (χ1v) is 7.84. The van der Waals surface area contributed by atoms with Gasteiger partial charge in [0, 0.05) is 36.8 Å². The predicted octanol–water partition coefficient (Wildman–Crippen LogP) is 1.64. The first kappa shape index (κ1) is 13.5. The number of fused-ring (bicyclic) bond motifs is 1. The Bertz CT molecular complexity index is 708. The van der Waals surface area contributed by atoms with Gasteiger partial charge in [0.25, 0.3) is 0 Å². The summed E-state index contributed by atoms with van der Waals surface area (Å²) in [5.41, 5.74) is 3.35. The van der Waals surface area contributed by atoms with Crippen molar-refractivity contribution in [2.75, 3.05) is 6.54 Å². The number of hydrogen-bond donors (Lipinski definition) is 1. The Kier molecular flexibility index (Phi) is 3.22. The number of carbonyl (C=O) groups excluding carboxylic acids is 1. The Morgan fingerprint density at radius 2 is 2.32 bits per heavy atom. The van der Waals surface area contributed by atoms with Gasteiger partial charge < -0.3 is 10.2 Å². The number of aromatic nitrogens is 2. The number of carbonyl (C=O) groups is 1. The highest BCUT2D eigenvalue weighted by molar-refractivity contribution is 5.80. The van der Waals surface area contributed by atoms with E-state index in [-0.39, 0.29) is 5.91 Å². The topological polar surface area (TPSA) is 50.2 Å². The molecule has 22 heavy (non-hydrogen) atoms. The first-order chi connectivity index (χ1) is 10.7. The van der Waals surface area contributed by atoms with Crippen LogP contribution in [0, 0.1) is 6.92 Å². The van der Waals surface area contributed by atoms with Crippen molar-refractivity contribution in [2.45, 2.75) is 38.4 Å². The summed E-state index contributed by atoms with van der Waals surface area (Å²) in [5, 5.41) is 7.86. The molecule has 1 aromatic heterocycles. The van der Waals surface area contributed by atoms with Crippen LogP contribution in [-0.4, -0.2) is 39.2 Å². The van der Waals surface area contributed by atoms with Crippen molar-refractivity contribution >= 4 is 5.91 Å². The van der Waals surface area contributed by atoms with E-state index in [0.717, 1.165) is 24.2 Å². The van der Waals surface area contributed by atoms with Crippen molar-refractivity contribution < 1.29 is 4.79 Å². The van der Waals surface area contributed by atoms with E-state index in [1.807, 2.05) is 34.1 Å². The fraction of sp³-hybridized carbons (Fsp3) is 0.412. The molecule has 4 rings (SSSR count). The standard InChI is InChI=1S/C17H20N4O/c1-12-3-2-4-14(7-12)21-11-13(9-19-21)10-20-16-5-6-18-15(16)8-17(20)22/h2-4,7,9,11,15-16,18H,5-6,8,10H2,1H3/t15-,16-/m1/s1. The smallest absolute Gasteiger partial charge is 0.224 e. The van der Waals surface area contributed by atoms with Crippen molar-refractivity contribution in [2.24, 2.45) is 0 Å². The van der Waals surface area contributed by atoms with E-state index >= 15 is 0 Å². The summed E-state index contributed by atoms with van der Waals surface area (Å²) in [7, 11) is 0. The normalized spacial score (nSPS) is 24.0. The zero-order valence-electron chi connectivity index (χ0n) is 12.7. The molecule has 2 aromatic rings. The second kappa shape index (κ2) is 5.25. The SMILES string of the molecule is Cc1cccc(-n2cc(CN3C(=O)C[C@H]4NCC[C@H]43)cn2)c1. The van der Waals surface area contributed by atoms with Gasteiger partial charge in [-0.25, -0.2) is 4.68 Å². The van der Waals surface area contributed by atoms with Crippen LogP contribution in [0.1, 0.15) is 24.0 Å². The van der Waals surface area contributed by atoms with Gasteiger partial charge in [0.1, 0.15) is 0 Å². The van der Waals surface area contributed by atoms with E-state index in [4.69, 9.17) is 0 Å². The lowest BCUT2D eigenvalue weighted by atomic mass is 10.1. The maximum atomic E-state index is 12.2. The molecule has 5 heteroatoms. The van der Waals surface area contributed by atoms with E-state index in [9.17, 15) is 4.79 Å². The predicted molar refractivity (Wildman–Crippen MR) is 83.7 cm³/mol. The summed E-state index contributed by atoms with van der Waals surface area (Å²) < 4.78 is 1.88. The summed E-state index contributed by atoms with van der Waals surface area (Å²) in [6, 6.07) is 8.96. The van der Waals surface area contributed by atoms with Gasteiger partial charge in [0.05, 0.1) is 11.9 Å². The van der Waals surface area contributed by atoms with Crippen molar-refractivity contribution in [1.82, 2.24) is 20.0 Å². The maximum absolute atomic E-state index is 12.2. The van der Waals surface area contributed by atoms with Gasteiger partial charge in [-0.1, -0.05) is 12.1 Å². The van der Waals surface area contributed by atoms with Crippen LogP contribution in [0.25, 0.3) is 5.69 Å². The Labute approximate surface area is 129 Å². The van der Waals surface area contributed by atoms with Crippen molar-refractivity contribution in [3.8, 4) is 5.69 Å². The summed E-state index contributed by atoms with van der Waals surface area (Å²) in [5.74, 6) is 0.255. The minimum atomic E-state index is 0.255. The van der Waals surface area contributed by atoms with Crippen LogP contribution < -0.4 is 5.32 Å². The van der Waals surface area contributed by atoms with Gasteiger partial charge in [-0.3, -0.25) is 4.79 Å². The Balaban J connectivity index is 1.54. The number of likely N-dealkylation sites (tertiary alicyclic amines) is 1. The third kappa shape index (κ3) is 2.31. The molecular weight excluding hydrogens is 276 g/mol. The fourth-order valence-electron chi connectivity index (χ4n) is 3.58. The largest absolute Gasteiger partial charge is 0.334 e. The molecule has 0 aliphatic carbocycles. The molecule has 114 valence electrons. The molecule has 5 nitrogen and oxygen atoms in total. The van der Waals surface area contributed by atoms with Crippen LogP contribution in [0.4, 0.5) is 0 Å². The number of benzene rings is 1. The van der Waals surface area contributed by atoms with Gasteiger partial charge >= 0.3 is 0 Å². The molecule has 2 fully saturated rings. The molecule has 2 atom stereocenters. The summed E-state index contributed by atoms with van der Waals surface area (Å²) >= 11 is 0. The minimum absolute atomic E-state index is 0.255. The van der Waals surface area contributed by atoms with Crippen LogP contribution >= 0.6 is 0 Å². The van der Waals surface area contributed by atoms with E-state index in [1.54, 1.807) is 0 Å². The third-order valence-electron chi connectivity index (χ3n) is 4.68. The Hall–Kier alpha value is -2.14. The lowest BCUT2D eigenvalue weighted by Gasteiger charge is -2.22. The minimum Gasteiger partial charge on any atom is -0.334 e.